The molecular weight excluding hydrogens is 216 g/mol. The molecule has 2 aliphatic rings. The Hall–Kier alpha value is -0.610. The maximum atomic E-state index is 12.2. The number of nitrogens with two attached hydrogens (primary N) is 1. The molecule has 2 fully saturated rings. The van der Waals surface area contributed by atoms with Gasteiger partial charge in [0.1, 0.15) is 6.10 Å². The number of carbonyl (C=O) groups is 1. The van der Waals surface area contributed by atoms with Crippen molar-refractivity contribution in [1.82, 2.24) is 4.90 Å². The lowest BCUT2D eigenvalue weighted by atomic mass is 9.91. The minimum Gasteiger partial charge on any atom is -0.365 e. The Morgan fingerprint density at radius 2 is 1.82 bits per heavy atom. The van der Waals surface area contributed by atoms with Crippen LogP contribution >= 0.6 is 0 Å². The Balaban J connectivity index is 1.86. The highest BCUT2D eigenvalue weighted by Crippen LogP contribution is 2.25. The van der Waals surface area contributed by atoms with Crippen LogP contribution in [0.15, 0.2) is 0 Å². The van der Waals surface area contributed by atoms with Gasteiger partial charge in [-0.25, -0.2) is 0 Å². The summed E-state index contributed by atoms with van der Waals surface area (Å²) in [5, 5.41) is 0. The van der Waals surface area contributed by atoms with Gasteiger partial charge in [0.2, 0.25) is 0 Å². The zero-order valence-corrected chi connectivity index (χ0v) is 10.9. The van der Waals surface area contributed by atoms with Gasteiger partial charge in [-0.2, -0.15) is 0 Å². The molecule has 0 spiro atoms. The van der Waals surface area contributed by atoms with E-state index in [1.807, 2.05) is 18.9 Å². The summed E-state index contributed by atoms with van der Waals surface area (Å²) in [7, 11) is 1.91. The molecule has 1 aliphatic carbocycles. The molecule has 2 unspecified atom stereocenters. The Bertz CT molecular complexity index is 275. The SMILES string of the molecule is CC1CCC(C(=O)N(C)C2CCC(N)CC2)O1. The highest BCUT2D eigenvalue weighted by atomic mass is 16.5. The number of carbonyl (C=O) groups excluding carboxylic acids is 1. The third-order valence-electron chi connectivity index (χ3n) is 4.14. The van der Waals surface area contributed by atoms with Gasteiger partial charge in [0.05, 0.1) is 6.10 Å². The standard InChI is InChI=1S/C13H24N2O2/c1-9-3-8-12(17-9)13(16)15(2)11-6-4-10(14)5-7-11/h9-12H,3-8,14H2,1-2H3. The van der Waals surface area contributed by atoms with Crippen LogP contribution in [0.3, 0.4) is 0 Å². The number of nitrogens with zero attached hydrogens (tertiary/aromatic N) is 1. The highest BCUT2D eigenvalue weighted by Gasteiger charge is 2.33. The Morgan fingerprint density at radius 1 is 1.18 bits per heavy atom. The maximum Gasteiger partial charge on any atom is 0.251 e. The smallest absolute Gasteiger partial charge is 0.251 e. The molecule has 98 valence electrons. The Kier molecular flexibility index (Phi) is 4.05. The lowest BCUT2D eigenvalue weighted by Crippen LogP contribution is -2.45. The van der Waals surface area contributed by atoms with Gasteiger partial charge in [0.15, 0.2) is 0 Å². The van der Waals surface area contributed by atoms with Crippen LogP contribution in [0.1, 0.15) is 45.4 Å². The third kappa shape index (κ3) is 2.99. The molecule has 2 rings (SSSR count). The van der Waals surface area contributed by atoms with Crippen molar-refractivity contribution < 1.29 is 9.53 Å². The number of hydrogen-bond donors (Lipinski definition) is 1. The van der Waals surface area contributed by atoms with Crippen LogP contribution in [-0.2, 0) is 9.53 Å². The van der Waals surface area contributed by atoms with E-state index in [-0.39, 0.29) is 18.1 Å². The fourth-order valence-electron chi connectivity index (χ4n) is 2.88. The second-order valence-corrected chi connectivity index (χ2v) is 5.53. The molecule has 1 heterocycles. The molecule has 4 nitrogen and oxygen atoms in total. The number of rotatable bonds is 2. The summed E-state index contributed by atoms with van der Waals surface area (Å²) < 4.78 is 5.64. The Morgan fingerprint density at radius 3 is 2.35 bits per heavy atom. The van der Waals surface area contributed by atoms with E-state index in [2.05, 4.69) is 0 Å². The zero-order chi connectivity index (χ0) is 12.4. The number of ether oxygens (including phenoxy) is 1. The van der Waals surface area contributed by atoms with Crippen molar-refractivity contribution in [3.05, 3.63) is 0 Å². The zero-order valence-electron chi connectivity index (χ0n) is 10.9. The quantitative estimate of drug-likeness (QED) is 0.791. The van der Waals surface area contributed by atoms with E-state index < -0.39 is 0 Å². The Labute approximate surface area is 103 Å². The highest BCUT2D eigenvalue weighted by molar-refractivity contribution is 5.81. The first-order chi connectivity index (χ1) is 8.08. The predicted octanol–water partition coefficient (Wildman–Crippen LogP) is 1.28. The molecule has 1 saturated carbocycles. The molecule has 0 aromatic carbocycles. The van der Waals surface area contributed by atoms with Gasteiger partial charge < -0.3 is 15.4 Å². The molecule has 1 aliphatic heterocycles. The largest absolute Gasteiger partial charge is 0.365 e. The van der Waals surface area contributed by atoms with Gasteiger partial charge in [0.25, 0.3) is 5.91 Å². The summed E-state index contributed by atoms with van der Waals surface area (Å²) >= 11 is 0. The van der Waals surface area contributed by atoms with Gasteiger partial charge in [0, 0.05) is 19.1 Å². The van der Waals surface area contributed by atoms with Crippen molar-refractivity contribution >= 4 is 5.91 Å². The third-order valence-corrected chi connectivity index (χ3v) is 4.14. The first kappa shape index (κ1) is 12.8. The summed E-state index contributed by atoms with van der Waals surface area (Å²) in [5.41, 5.74) is 5.89. The van der Waals surface area contributed by atoms with Gasteiger partial charge in [-0.15, -0.1) is 0 Å². The van der Waals surface area contributed by atoms with Gasteiger partial charge >= 0.3 is 0 Å². The van der Waals surface area contributed by atoms with Crippen LogP contribution in [0, 0.1) is 0 Å². The van der Waals surface area contributed by atoms with Gasteiger partial charge in [-0.3, -0.25) is 4.79 Å². The molecule has 2 N–H and O–H groups in total. The van der Waals surface area contributed by atoms with Crippen LogP contribution in [0.25, 0.3) is 0 Å². The van der Waals surface area contributed by atoms with E-state index in [1.54, 1.807) is 0 Å². The molecule has 1 amide bonds. The molecule has 17 heavy (non-hydrogen) atoms. The molecule has 1 saturated heterocycles. The van der Waals surface area contributed by atoms with Crippen molar-refractivity contribution in [2.45, 2.75) is 69.7 Å². The molecule has 0 aromatic rings. The van der Waals surface area contributed by atoms with Crippen LogP contribution < -0.4 is 5.73 Å². The lowest BCUT2D eigenvalue weighted by Gasteiger charge is -2.34. The average molecular weight is 240 g/mol. The molecule has 0 radical (unpaired) electrons. The van der Waals surface area contributed by atoms with Crippen molar-refractivity contribution in [3.8, 4) is 0 Å². The fraction of sp³-hybridized carbons (Fsp3) is 0.923. The maximum absolute atomic E-state index is 12.2. The molecule has 4 heteroatoms. The molecule has 0 aromatic heterocycles. The summed E-state index contributed by atoms with van der Waals surface area (Å²) in [6, 6.07) is 0.694. The van der Waals surface area contributed by atoms with Crippen molar-refractivity contribution in [1.29, 1.82) is 0 Å². The monoisotopic (exact) mass is 240 g/mol. The second kappa shape index (κ2) is 5.36. The summed E-state index contributed by atoms with van der Waals surface area (Å²) in [4.78, 5) is 14.1. The van der Waals surface area contributed by atoms with E-state index in [1.165, 1.54) is 0 Å². The van der Waals surface area contributed by atoms with Gasteiger partial charge in [-0.05, 0) is 45.4 Å². The summed E-state index contributed by atoms with van der Waals surface area (Å²) in [5.74, 6) is 0.162. The average Bonchev–Trinajstić information content (AvgIpc) is 2.75. The van der Waals surface area contributed by atoms with Crippen molar-refractivity contribution in [3.63, 3.8) is 0 Å². The van der Waals surface area contributed by atoms with Crippen molar-refractivity contribution in [2.75, 3.05) is 7.05 Å². The second-order valence-electron chi connectivity index (χ2n) is 5.53. The minimum absolute atomic E-state index is 0.162. The molecular formula is C13H24N2O2. The topological polar surface area (TPSA) is 55.6 Å². The summed E-state index contributed by atoms with van der Waals surface area (Å²) in [6.45, 7) is 2.03. The lowest BCUT2D eigenvalue weighted by molar-refractivity contribution is -0.144. The first-order valence-corrected chi connectivity index (χ1v) is 6.75. The fourth-order valence-corrected chi connectivity index (χ4v) is 2.88. The number of hydrogen-bond acceptors (Lipinski definition) is 3. The van der Waals surface area contributed by atoms with E-state index in [9.17, 15) is 4.79 Å². The van der Waals surface area contributed by atoms with E-state index in [0.717, 1.165) is 38.5 Å². The molecule has 0 bridgehead atoms. The van der Waals surface area contributed by atoms with Crippen LogP contribution in [0.5, 0.6) is 0 Å². The summed E-state index contributed by atoms with van der Waals surface area (Å²) in [6.07, 6.45) is 6.03. The van der Waals surface area contributed by atoms with E-state index in [0.29, 0.717) is 12.1 Å². The van der Waals surface area contributed by atoms with Gasteiger partial charge in [-0.1, -0.05) is 0 Å². The first-order valence-electron chi connectivity index (χ1n) is 6.75. The van der Waals surface area contributed by atoms with Crippen LogP contribution in [0.2, 0.25) is 0 Å². The van der Waals surface area contributed by atoms with E-state index in [4.69, 9.17) is 10.5 Å². The van der Waals surface area contributed by atoms with E-state index >= 15 is 0 Å². The minimum atomic E-state index is -0.203. The normalized spacial score (nSPS) is 38.1. The molecule has 2 atom stereocenters. The predicted molar refractivity (Wildman–Crippen MR) is 66.6 cm³/mol. The number of amides is 1. The van der Waals surface area contributed by atoms with Crippen LogP contribution in [-0.4, -0.2) is 42.1 Å². The van der Waals surface area contributed by atoms with Crippen molar-refractivity contribution in [2.24, 2.45) is 5.73 Å². The number of likely N-dealkylation sites (N-methyl/N-ethyl adjacent to an activating group) is 1. The van der Waals surface area contributed by atoms with Crippen LogP contribution in [0.4, 0.5) is 0 Å².